The van der Waals surface area contributed by atoms with Crippen molar-refractivity contribution in [3.8, 4) is 5.75 Å². The fourth-order valence-electron chi connectivity index (χ4n) is 3.12. The predicted octanol–water partition coefficient (Wildman–Crippen LogP) is 7.56. The molecule has 0 saturated heterocycles. The maximum Gasteiger partial charge on any atom is 0.129 e. The molecule has 1 N–H and O–H groups in total. The standard InChI is InChI=1S/C22H38OS/c1-6-9-11-15-22(4,5)19-13-14-20(23)21(16-19)24-17-18(8-3)12-10-7-2/h13-14,16,18,23H,6-12,15,17H2,1-5H3. The number of phenols is 1. The molecule has 0 aliphatic rings. The van der Waals surface area contributed by atoms with Gasteiger partial charge in [-0.1, -0.05) is 79.2 Å². The summed E-state index contributed by atoms with van der Waals surface area (Å²) in [5, 5.41) is 10.3. The molecule has 0 bridgehead atoms. The second-order valence-corrected chi connectivity index (χ2v) is 8.81. The molecule has 1 aromatic rings. The topological polar surface area (TPSA) is 20.2 Å². The second-order valence-electron chi connectivity index (χ2n) is 7.75. The van der Waals surface area contributed by atoms with Crippen LogP contribution in [0.5, 0.6) is 5.75 Å². The third-order valence-corrected chi connectivity index (χ3v) is 6.44. The lowest BCUT2D eigenvalue weighted by Gasteiger charge is -2.26. The molecule has 2 heteroatoms. The predicted molar refractivity (Wildman–Crippen MR) is 109 cm³/mol. The lowest BCUT2D eigenvalue weighted by molar-refractivity contribution is 0.441. The van der Waals surface area contributed by atoms with E-state index in [0.717, 1.165) is 16.6 Å². The van der Waals surface area contributed by atoms with Crippen LogP contribution in [-0.2, 0) is 5.41 Å². The van der Waals surface area contributed by atoms with E-state index in [1.54, 1.807) is 0 Å². The molecule has 1 nitrogen and oxygen atoms in total. The van der Waals surface area contributed by atoms with E-state index in [0.29, 0.717) is 5.75 Å². The van der Waals surface area contributed by atoms with Crippen LogP contribution in [0.15, 0.2) is 23.1 Å². The summed E-state index contributed by atoms with van der Waals surface area (Å²) in [5.74, 6) is 2.32. The highest BCUT2D eigenvalue weighted by Gasteiger charge is 2.21. The van der Waals surface area contributed by atoms with Crippen molar-refractivity contribution < 1.29 is 5.11 Å². The van der Waals surface area contributed by atoms with Crippen LogP contribution in [0.4, 0.5) is 0 Å². The minimum atomic E-state index is 0.185. The Morgan fingerprint density at radius 2 is 1.75 bits per heavy atom. The van der Waals surface area contributed by atoms with Gasteiger partial charge in [-0.3, -0.25) is 0 Å². The van der Waals surface area contributed by atoms with E-state index in [2.05, 4.69) is 46.8 Å². The minimum absolute atomic E-state index is 0.185. The van der Waals surface area contributed by atoms with Crippen LogP contribution in [0.25, 0.3) is 0 Å². The molecule has 0 amide bonds. The summed E-state index contributed by atoms with van der Waals surface area (Å²) in [5.41, 5.74) is 1.55. The van der Waals surface area contributed by atoms with Gasteiger partial charge in [-0.15, -0.1) is 11.8 Å². The molecule has 0 radical (unpaired) electrons. The molecule has 1 atom stereocenters. The highest BCUT2D eigenvalue weighted by molar-refractivity contribution is 7.99. The lowest BCUT2D eigenvalue weighted by atomic mass is 9.80. The van der Waals surface area contributed by atoms with Crippen molar-refractivity contribution in [2.75, 3.05) is 5.75 Å². The van der Waals surface area contributed by atoms with Crippen molar-refractivity contribution in [2.24, 2.45) is 5.92 Å². The van der Waals surface area contributed by atoms with Gasteiger partial charge in [-0.05, 0) is 41.9 Å². The van der Waals surface area contributed by atoms with Gasteiger partial charge in [-0.2, -0.15) is 0 Å². The number of rotatable bonds is 12. The molecule has 0 saturated carbocycles. The third kappa shape index (κ3) is 7.09. The molecule has 1 rings (SSSR count). The van der Waals surface area contributed by atoms with E-state index in [4.69, 9.17) is 0 Å². The number of thioether (sulfide) groups is 1. The van der Waals surface area contributed by atoms with Crippen LogP contribution in [0.3, 0.4) is 0 Å². The van der Waals surface area contributed by atoms with Crippen molar-refractivity contribution in [1.82, 2.24) is 0 Å². The van der Waals surface area contributed by atoms with Gasteiger partial charge in [0, 0.05) is 10.6 Å². The molecule has 24 heavy (non-hydrogen) atoms. The van der Waals surface area contributed by atoms with E-state index < -0.39 is 0 Å². The van der Waals surface area contributed by atoms with Crippen molar-refractivity contribution in [2.45, 2.75) is 96.3 Å². The first-order valence-corrected chi connectivity index (χ1v) is 10.9. The Kier molecular flexibility index (Phi) is 9.88. The summed E-state index contributed by atoms with van der Waals surface area (Å²) in [6, 6.07) is 6.24. The van der Waals surface area contributed by atoms with E-state index in [1.165, 1.54) is 56.9 Å². The minimum Gasteiger partial charge on any atom is -0.507 e. The monoisotopic (exact) mass is 350 g/mol. The van der Waals surface area contributed by atoms with E-state index in [1.807, 2.05) is 17.8 Å². The van der Waals surface area contributed by atoms with Crippen molar-refractivity contribution >= 4 is 11.8 Å². The Hall–Kier alpha value is -0.630. The van der Waals surface area contributed by atoms with Crippen molar-refractivity contribution in [1.29, 1.82) is 0 Å². The summed E-state index contributed by atoms with van der Waals surface area (Å²) in [6.45, 7) is 11.5. The van der Waals surface area contributed by atoms with Gasteiger partial charge in [0.2, 0.25) is 0 Å². The third-order valence-electron chi connectivity index (χ3n) is 5.16. The summed E-state index contributed by atoms with van der Waals surface area (Å²) in [6.07, 6.45) is 10.2. The number of phenolic OH excluding ortho intramolecular Hbond substituents is 1. The Morgan fingerprint density at radius 3 is 2.38 bits per heavy atom. The molecule has 0 fully saturated rings. The number of benzene rings is 1. The van der Waals surface area contributed by atoms with Crippen LogP contribution in [0, 0.1) is 5.92 Å². The Balaban J connectivity index is 2.74. The smallest absolute Gasteiger partial charge is 0.129 e. The number of hydrogen-bond acceptors (Lipinski definition) is 2. The highest BCUT2D eigenvalue weighted by atomic mass is 32.2. The van der Waals surface area contributed by atoms with E-state index >= 15 is 0 Å². The molecule has 0 aromatic heterocycles. The molecule has 1 unspecified atom stereocenters. The van der Waals surface area contributed by atoms with Gasteiger partial charge in [0.15, 0.2) is 0 Å². The fourth-order valence-corrected chi connectivity index (χ4v) is 4.36. The Bertz CT molecular complexity index is 467. The van der Waals surface area contributed by atoms with Gasteiger partial charge in [0.05, 0.1) is 0 Å². The molecule has 1 aromatic carbocycles. The summed E-state index contributed by atoms with van der Waals surface area (Å²) >= 11 is 1.84. The Morgan fingerprint density at radius 1 is 1.04 bits per heavy atom. The first-order chi connectivity index (χ1) is 11.4. The lowest BCUT2D eigenvalue weighted by Crippen LogP contribution is -2.17. The first-order valence-electron chi connectivity index (χ1n) is 9.90. The maximum atomic E-state index is 10.3. The van der Waals surface area contributed by atoms with Crippen LogP contribution in [0.2, 0.25) is 0 Å². The summed E-state index contributed by atoms with van der Waals surface area (Å²) < 4.78 is 0. The van der Waals surface area contributed by atoms with Crippen molar-refractivity contribution in [3.05, 3.63) is 23.8 Å². The van der Waals surface area contributed by atoms with E-state index in [9.17, 15) is 5.11 Å². The fraction of sp³-hybridized carbons (Fsp3) is 0.727. The molecule has 0 aliphatic heterocycles. The molecule has 138 valence electrons. The number of aromatic hydroxyl groups is 1. The second kappa shape index (κ2) is 11.1. The summed E-state index contributed by atoms with van der Waals surface area (Å²) in [7, 11) is 0. The van der Waals surface area contributed by atoms with Gasteiger partial charge in [0.25, 0.3) is 0 Å². The van der Waals surface area contributed by atoms with Crippen LogP contribution in [-0.4, -0.2) is 10.9 Å². The molecule has 0 heterocycles. The Labute approximate surface area is 154 Å². The van der Waals surface area contributed by atoms with Crippen LogP contribution < -0.4 is 0 Å². The van der Waals surface area contributed by atoms with Crippen LogP contribution >= 0.6 is 11.8 Å². The van der Waals surface area contributed by atoms with Crippen molar-refractivity contribution in [3.63, 3.8) is 0 Å². The highest BCUT2D eigenvalue weighted by Crippen LogP contribution is 2.37. The quantitative estimate of drug-likeness (QED) is 0.310. The van der Waals surface area contributed by atoms with Gasteiger partial charge in [0.1, 0.15) is 5.75 Å². The normalized spacial score (nSPS) is 13.2. The SMILES string of the molecule is CCCCCC(C)(C)c1ccc(O)c(SCC(CC)CCCC)c1. The zero-order valence-electron chi connectivity index (χ0n) is 16.5. The average molecular weight is 351 g/mol. The van der Waals surface area contributed by atoms with Gasteiger partial charge < -0.3 is 5.11 Å². The zero-order chi connectivity index (χ0) is 18.0. The van der Waals surface area contributed by atoms with E-state index in [-0.39, 0.29) is 5.41 Å². The average Bonchev–Trinajstić information content (AvgIpc) is 2.56. The largest absolute Gasteiger partial charge is 0.507 e. The molecular formula is C22H38OS. The summed E-state index contributed by atoms with van der Waals surface area (Å²) in [4.78, 5) is 1.06. The van der Waals surface area contributed by atoms with Crippen LogP contribution in [0.1, 0.15) is 91.5 Å². The maximum absolute atomic E-state index is 10.3. The molecule has 0 spiro atoms. The first kappa shape index (κ1) is 21.4. The van der Waals surface area contributed by atoms with Gasteiger partial charge in [-0.25, -0.2) is 0 Å². The number of hydrogen-bond donors (Lipinski definition) is 1. The molecule has 0 aliphatic carbocycles. The van der Waals surface area contributed by atoms with Gasteiger partial charge >= 0.3 is 0 Å². The molecular weight excluding hydrogens is 312 g/mol. The number of unbranched alkanes of at least 4 members (excludes halogenated alkanes) is 3. The zero-order valence-corrected chi connectivity index (χ0v) is 17.3.